The molecule has 0 aromatic rings. The summed E-state index contributed by atoms with van der Waals surface area (Å²) in [6.45, 7) is 14.0. The predicted octanol–water partition coefficient (Wildman–Crippen LogP) is 2.90. The highest BCUT2D eigenvalue weighted by atomic mass is 16.7. The van der Waals surface area contributed by atoms with Crippen LogP contribution in [0.2, 0.25) is 0 Å². The molecule has 1 aliphatic heterocycles. The van der Waals surface area contributed by atoms with Crippen molar-refractivity contribution in [1.82, 2.24) is 0 Å². The van der Waals surface area contributed by atoms with Gasteiger partial charge >= 0.3 is 6.16 Å². The van der Waals surface area contributed by atoms with E-state index in [1.54, 1.807) is 6.08 Å². The molecule has 1 fully saturated rings. The van der Waals surface area contributed by atoms with Crippen LogP contribution < -0.4 is 0 Å². The Hall–Kier alpha value is -1.45. The molecule has 0 aliphatic carbocycles. The molecule has 0 aromatic heterocycles. The van der Waals surface area contributed by atoms with E-state index in [1.807, 2.05) is 20.8 Å². The summed E-state index contributed by atoms with van der Waals surface area (Å²) < 4.78 is 14.8. The first-order valence-corrected chi connectivity index (χ1v) is 5.31. The summed E-state index contributed by atoms with van der Waals surface area (Å²) in [7, 11) is 0. The molecular formula is C12H20O4. The molecule has 0 aromatic carbocycles. The molecule has 1 heterocycles. The summed E-state index contributed by atoms with van der Waals surface area (Å²) in [6.07, 6.45) is 0.989. The van der Waals surface area contributed by atoms with E-state index in [9.17, 15) is 4.79 Å². The van der Waals surface area contributed by atoms with Crippen LogP contribution in [-0.4, -0.2) is 26.0 Å². The Labute approximate surface area is 96.9 Å². The lowest BCUT2D eigenvalue weighted by molar-refractivity contribution is -0.0556. The van der Waals surface area contributed by atoms with Crippen molar-refractivity contribution >= 4 is 6.16 Å². The van der Waals surface area contributed by atoms with Crippen LogP contribution in [0, 0.1) is 5.41 Å². The maximum Gasteiger partial charge on any atom is 0.508 e. The van der Waals surface area contributed by atoms with Crippen LogP contribution in [0.5, 0.6) is 0 Å². The molecule has 0 atom stereocenters. The Kier molecular flexibility index (Phi) is 6.30. The van der Waals surface area contributed by atoms with Gasteiger partial charge in [-0.05, 0) is 6.92 Å². The van der Waals surface area contributed by atoms with Gasteiger partial charge in [0.1, 0.15) is 25.6 Å². The van der Waals surface area contributed by atoms with E-state index in [1.165, 1.54) is 0 Å². The van der Waals surface area contributed by atoms with Crippen molar-refractivity contribution in [1.29, 1.82) is 0 Å². The summed E-state index contributed by atoms with van der Waals surface area (Å²) in [5, 5.41) is 0. The minimum Gasteiger partial charge on any atom is -0.494 e. The molecular weight excluding hydrogens is 208 g/mol. The van der Waals surface area contributed by atoms with Crippen LogP contribution in [0.4, 0.5) is 4.79 Å². The number of cyclic esters (lactones) is 2. The van der Waals surface area contributed by atoms with Gasteiger partial charge in [-0.2, -0.15) is 0 Å². The summed E-state index contributed by atoms with van der Waals surface area (Å²) in [4.78, 5) is 10.7. The topological polar surface area (TPSA) is 44.8 Å². The first kappa shape index (κ1) is 14.6. The van der Waals surface area contributed by atoms with Gasteiger partial charge in [-0.3, -0.25) is 0 Å². The Balaban J connectivity index is 0.00000106. The van der Waals surface area contributed by atoms with Gasteiger partial charge in [0.05, 0.1) is 5.41 Å². The summed E-state index contributed by atoms with van der Waals surface area (Å²) in [5.41, 5.74) is -0.461. The fraction of sp³-hybridized carbons (Fsp3) is 0.583. The van der Waals surface area contributed by atoms with Crippen molar-refractivity contribution in [3.8, 4) is 0 Å². The van der Waals surface area contributed by atoms with E-state index in [4.69, 9.17) is 14.2 Å². The standard InChI is InChI=1S/C10H14O4.C2H6/c1-4-5-12-8(2)10(3)6-13-9(11)14-7-10;1-2/h4H,1-2,5-7H2,3H3;1-2H3. The van der Waals surface area contributed by atoms with Gasteiger partial charge in [0.15, 0.2) is 0 Å². The average molecular weight is 228 g/mol. The summed E-state index contributed by atoms with van der Waals surface area (Å²) in [5.74, 6) is 0.546. The largest absolute Gasteiger partial charge is 0.508 e. The molecule has 1 rings (SSSR count). The molecule has 4 heteroatoms. The number of rotatable bonds is 4. The van der Waals surface area contributed by atoms with Gasteiger partial charge in [0.2, 0.25) is 0 Å². The van der Waals surface area contributed by atoms with Gasteiger partial charge in [-0.1, -0.05) is 33.1 Å². The van der Waals surface area contributed by atoms with Crippen molar-refractivity contribution in [3.63, 3.8) is 0 Å². The number of carbonyl (C=O) groups excluding carboxylic acids is 1. The molecule has 0 unspecified atom stereocenters. The van der Waals surface area contributed by atoms with Crippen molar-refractivity contribution in [2.45, 2.75) is 20.8 Å². The monoisotopic (exact) mass is 228 g/mol. The number of ether oxygens (including phenoxy) is 3. The van der Waals surface area contributed by atoms with Crippen LogP contribution >= 0.6 is 0 Å². The van der Waals surface area contributed by atoms with Crippen LogP contribution in [0.1, 0.15) is 20.8 Å². The van der Waals surface area contributed by atoms with Gasteiger partial charge in [-0.25, -0.2) is 4.79 Å². The molecule has 1 aliphatic rings. The predicted molar refractivity (Wildman–Crippen MR) is 62.0 cm³/mol. The van der Waals surface area contributed by atoms with Gasteiger partial charge in [0.25, 0.3) is 0 Å². The second-order valence-corrected chi connectivity index (χ2v) is 3.41. The highest BCUT2D eigenvalue weighted by Gasteiger charge is 2.37. The van der Waals surface area contributed by atoms with Gasteiger partial charge in [0, 0.05) is 0 Å². The second kappa shape index (κ2) is 6.93. The van der Waals surface area contributed by atoms with Crippen LogP contribution in [-0.2, 0) is 14.2 Å². The minimum absolute atomic E-state index is 0.238. The smallest absolute Gasteiger partial charge is 0.494 e. The fourth-order valence-electron chi connectivity index (χ4n) is 1.01. The highest BCUT2D eigenvalue weighted by molar-refractivity contribution is 5.60. The van der Waals surface area contributed by atoms with E-state index >= 15 is 0 Å². The molecule has 0 bridgehead atoms. The minimum atomic E-state index is -0.640. The molecule has 0 N–H and O–H groups in total. The third-order valence-electron chi connectivity index (χ3n) is 2.07. The van der Waals surface area contributed by atoms with E-state index < -0.39 is 11.6 Å². The van der Waals surface area contributed by atoms with E-state index in [2.05, 4.69) is 13.2 Å². The van der Waals surface area contributed by atoms with Crippen LogP contribution in [0.25, 0.3) is 0 Å². The lowest BCUT2D eigenvalue weighted by Gasteiger charge is -2.33. The average Bonchev–Trinajstić information content (AvgIpc) is 2.32. The lowest BCUT2D eigenvalue weighted by atomic mass is 9.90. The number of hydrogen-bond donors (Lipinski definition) is 0. The van der Waals surface area contributed by atoms with Crippen molar-refractivity contribution < 1.29 is 19.0 Å². The molecule has 4 nitrogen and oxygen atoms in total. The Morgan fingerprint density at radius 2 is 2.00 bits per heavy atom. The highest BCUT2D eigenvalue weighted by Crippen LogP contribution is 2.30. The molecule has 92 valence electrons. The van der Waals surface area contributed by atoms with Crippen molar-refractivity contribution in [2.75, 3.05) is 19.8 Å². The molecule has 0 spiro atoms. The van der Waals surface area contributed by atoms with Crippen molar-refractivity contribution in [2.24, 2.45) is 5.41 Å². The fourth-order valence-corrected chi connectivity index (χ4v) is 1.01. The lowest BCUT2D eigenvalue weighted by Crippen LogP contribution is -2.38. The zero-order valence-corrected chi connectivity index (χ0v) is 10.2. The quantitative estimate of drug-likeness (QED) is 0.421. The maximum absolute atomic E-state index is 10.7. The summed E-state index contributed by atoms with van der Waals surface area (Å²) >= 11 is 0. The first-order valence-electron chi connectivity index (χ1n) is 5.31. The molecule has 0 saturated carbocycles. The molecule has 16 heavy (non-hydrogen) atoms. The molecule has 0 amide bonds. The Morgan fingerprint density at radius 1 is 1.50 bits per heavy atom. The van der Waals surface area contributed by atoms with Crippen molar-refractivity contribution in [3.05, 3.63) is 25.0 Å². The van der Waals surface area contributed by atoms with E-state index in [-0.39, 0.29) is 13.2 Å². The Morgan fingerprint density at radius 3 is 2.44 bits per heavy atom. The zero-order valence-electron chi connectivity index (χ0n) is 10.2. The van der Waals surface area contributed by atoms with E-state index in [0.29, 0.717) is 12.4 Å². The number of hydrogen-bond acceptors (Lipinski definition) is 4. The third-order valence-corrected chi connectivity index (χ3v) is 2.07. The third kappa shape index (κ3) is 3.96. The summed E-state index contributed by atoms with van der Waals surface area (Å²) in [6, 6.07) is 0. The normalized spacial score (nSPS) is 17.1. The second-order valence-electron chi connectivity index (χ2n) is 3.41. The molecule has 1 saturated heterocycles. The van der Waals surface area contributed by atoms with E-state index in [0.717, 1.165) is 0 Å². The van der Waals surface area contributed by atoms with Crippen LogP contribution in [0.3, 0.4) is 0 Å². The SMILES string of the molecule is C=CCOC(=C)C1(C)COC(=O)OC1.CC. The maximum atomic E-state index is 10.7. The first-order chi connectivity index (χ1) is 7.58. The zero-order chi connectivity index (χ0) is 12.6. The Bertz CT molecular complexity index is 248. The van der Waals surface area contributed by atoms with Crippen LogP contribution in [0.15, 0.2) is 25.0 Å². The molecule has 0 radical (unpaired) electrons. The van der Waals surface area contributed by atoms with Gasteiger partial charge < -0.3 is 14.2 Å². The number of carbonyl (C=O) groups is 1. The van der Waals surface area contributed by atoms with Gasteiger partial charge in [-0.15, -0.1) is 0 Å².